The fourth-order valence-corrected chi connectivity index (χ4v) is 5.89. The number of allylic oxidation sites excluding steroid dienone is 16. The highest BCUT2D eigenvalue weighted by Gasteiger charge is 2.26. The van der Waals surface area contributed by atoms with E-state index in [2.05, 4.69) is 111 Å². The lowest BCUT2D eigenvalue weighted by molar-refractivity contribution is -0.154. The molecule has 0 aliphatic rings. The summed E-state index contributed by atoms with van der Waals surface area (Å²) in [6.07, 6.45) is 52.2. The first-order valence-corrected chi connectivity index (χ1v) is 22.7. The molecule has 3 unspecified atom stereocenters. The number of rotatable bonds is 39. The topological polar surface area (TPSA) is 132 Å². The lowest BCUT2D eigenvalue weighted by Gasteiger charge is -2.20. The molecule has 0 saturated carbocycles. The van der Waals surface area contributed by atoms with Crippen LogP contribution >= 0.6 is 7.82 Å². The van der Waals surface area contributed by atoms with E-state index >= 15 is 0 Å². The highest BCUT2D eigenvalue weighted by atomic mass is 31.2. The number of carbonyl (C=O) groups excluding carboxylic acids is 1. The van der Waals surface area contributed by atoms with Crippen LogP contribution in [-0.2, 0) is 27.9 Å². The van der Waals surface area contributed by atoms with Crippen molar-refractivity contribution in [1.29, 1.82) is 0 Å². The van der Waals surface area contributed by atoms with E-state index in [9.17, 15) is 19.4 Å². The summed E-state index contributed by atoms with van der Waals surface area (Å²) in [4.78, 5) is 22.6. The summed E-state index contributed by atoms with van der Waals surface area (Å²) in [5.41, 5.74) is 0. The van der Waals surface area contributed by atoms with Crippen LogP contribution in [0.1, 0.15) is 142 Å². The Labute approximate surface area is 340 Å². The molecular formula is C46H77O9P. The standard InChI is InChI=1S/C46H77O9P/c1-3-5-7-9-11-13-15-17-19-20-21-22-23-25-27-29-31-33-35-37-39-52-42-45(43-54-56(50,51)53-41-44(48)40-47)55-46(49)38-36-34-32-30-28-26-24-18-16-14-12-10-8-6-4-2/h5-8,11-14,17-19,21-22,24-25,27,44-45,47-48H,3-4,9-10,15-16,20,23,26,28-43H2,1-2H3,(H,50,51)/b7-5-,8-6-,13-11-,14-12-,19-17-,22-21-,24-18-,27-25-. The molecule has 3 N–H and O–H groups in total. The van der Waals surface area contributed by atoms with Gasteiger partial charge in [-0.3, -0.25) is 13.8 Å². The maximum atomic E-state index is 12.6. The molecule has 0 heterocycles. The van der Waals surface area contributed by atoms with Crippen LogP contribution in [0.5, 0.6) is 0 Å². The van der Waals surface area contributed by atoms with Crippen molar-refractivity contribution < 1.29 is 43.0 Å². The predicted molar refractivity (Wildman–Crippen MR) is 232 cm³/mol. The van der Waals surface area contributed by atoms with Gasteiger partial charge in [0.15, 0.2) is 0 Å². The summed E-state index contributed by atoms with van der Waals surface area (Å²) < 4.78 is 33.3. The van der Waals surface area contributed by atoms with Crippen molar-refractivity contribution in [3.05, 3.63) is 97.2 Å². The van der Waals surface area contributed by atoms with E-state index in [0.29, 0.717) is 13.0 Å². The maximum absolute atomic E-state index is 12.6. The molecule has 3 atom stereocenters. The second-order valence-corrected chi connectivity index (χ2v) is 15.0. The molecule has 0 spiro atoms. The van der Waals surface area contributed by atoms with E-state index in [1.54, 1.807) is 0 Å². The number of ether oxygens (including phenoxy) is 2. The molecule has 320 valence electrons. The Morgan fingerprint density at radius 3 is 1.45 bits per heavy atom. The number of aliphatic hydroxyl groups is 2. The minimum Gasteiger partial charge on any atom is -0.457 e. The Morgan fingerprint density at radius 1 is 0.554 bits per heavy atom. The van der Waals surface area contributed by atoms with Crippen molar-refractivity contribution in [2.75, 3.05) is 33.0 Å². The van der Waals surface area contributed by atoms with Gasteiger partial charge in [-0.1, -0.05) is 143 Å². The summed E-state index contributed by atoms with van der Waals surface area (Å²) in [6.45, 7) is 3.17. The maximum Gasteiger partial charge on any atom is 0.472 e. The van der Waals surface area contributed by atoms with Crippen LogP contribution in [0, 0.1) is 0 Å². The second kappa shape index (κ2) is 42.0. The zero-order chi connectivity index (χ0) is 41.1. The third-order valence-corrected chi connectivity index (χ3v) is 9.22. The molecule has 0 radical (unpaired) electrons. The quantitative estimate of drug-likeness (QED) is 0.0240. The summed E-state index contributed by atoms with van der Waals surface area (Å²) in [5.74, 6) is -0.414. The van der Waals surface area contributed by atoms with E-state index in [1.165, 1.54) is 0 Å². The number of phosphoric ester groups is 1. The van der Waals surface area contributed by atoms with E-state index in [1.807, 2.05) is 0 Å². The average Bonchev–Trinajstić information content (AvgIpc) is 3.19. The van der Waals surface area contributed by atoms with Crippen LogP contribution in [-0.4, -0.2) is 66.3 Å². The molecule has 0 aromatic carbocycles. The van der Waals surface area contributed by atoms with E-state index in [0.717, 1.165) is 116 Å². The van der Waals surface area contributed by atoms with Crippen LogP contribution in [0.15, 0.2) is 97.2 Å². The fraction of sp³-hybridized carbons (Fsp3) is 0.630. The minimum atomic E-state index is -4.54. The third kappa shape index (κ3) is 41.0. The number of unbranched alkanes of at least 4 members (excludes halogenated alkanes) is 9. The molecule has 0 aliphatic heterocycles. The van der Waals surface area contributed by atoms with E-state index < -0.39 is 45.8 Å². The van der Waals surface area contributed by atoms with Crippen LogP contribution < -0.4 is 0 Å². The molecule has 0 aromatic heterocycles. The van der Waals surface area contributed by atoms with Gasteiger partial charge in [0, 0.05) is 13.0 Å². The van der Waals surface area contributed by atoms with Gasteiger partial charge < -0.3 is 24.6 Å². The zero-order valence-electron chi connectivity index (χ0n) is 34.8. The smallest absolute Gasteiger partial charge is 0.457 e. The minimum absolute atomic E-state index is 0.0181. The van der Waals surface area contributed by atoms with Crippen LogP contribution in [0.3, 0.4) is 0 Å². The van der Waals surface area contributed by atoms with Crippen LogP contribution in [0.2, 0.25) is 0 Å². The third-order valence-electron chi connectivity index (χ3n) is 8.27. The van der Waals surface area contributed by atoms with Gasteiger partial charge in [0.2, 0.25) is 0 Å². The lowest BCUT2D eigenvalue weighted by atomic mass is 10.1. The zero-order valence-corrected chi connectivity index (χ0v) is 35.7. The summed E-state index contributed by atoms with van der Waals surface area (Å²) in [6, 6.07) is 0. The van der Waals surface area contributed by atoms with E-state index in [4.69, 9.17) is 23.6 Å². The fourth-order valence-electron chi connectivity index (χ4n) is 5.10. The molecule has 9 nitrogen and oxygen atoms in total. The predicted octanol–water partition coefficient (Wildman–Crippen LogP) is 11.7. The van der Waals surface area contributed by atoms with Crippen molar-refractivity contribution >= 4 is 13.8 Å². The van der Waals surface area contributed by atoms with Gasteiger partial charge in [-0.15, -0.1) is 0 Å². The molecular weight excluding hydrogens is 727 g/mol. The molecule has 0 fully saturated rings. The molecule has 56 heavy (non-hydrogen) atoms. The molecule has 0 rings (SSSR count). The van der Waals surface area contributed by atoms with Crippen molar-refractivity contribution in [1.82, 2.24) is 0 Å². The monoisotopic (exact) mass is 805 g/mol. The highest BCUT2D eigenvalue weighted by Crippen LogP contribution is 2.43. The Hall–Kier alpha value is -2.62. The Morgan fingerprint density at radius 2 is 0.964 bits per heavy atom. The number of phosphoric acid groups is 1. The first-order chi connectivity index (χ1) is 27.3. The Balaban J connectivity index is 4.29. The molecule has 0 amide bonds. The average molecular weight is 805 g/mol. The number of carbonyl (C=O) groups is 1. The summed E-state index contributed by atoms with van der Waals surface area (Å²) >= 11 is 0. The molecule has 0 saturated heterocycles. The summed E-state index contributed by atoms with van der Waals surface area (Å²) in [7, 11) is -4.54. The number of esters is 1. The van der Waals surface area contributed by atoms with Gasteiger partial charge in [-0.2, -0.15) is 0 Å². The van der Waals surface area contributed by atoms with Crippen LogP contribution in [0.4, 0.5) is 0 Å². The van der Waals surface area contributed by atoms with Gasteiger partial charge in [-0.25, -0.2) is 4.57 Å². The van der Waals surface area contributed by atoms with Gasteiger partial charge in [0.05, 0.1) is 26.4 Å². The second-order valence-electron chi connectivity index (χ2n) is 13.6. The molecule has 0 aliphatic carbocycles. The van der Waals surface area contributed by atoms with Gasteiger partial charge >= 0.3 is 13.8 Å². The summed E-state index contributed by atoms with van der Waals surface area (Å²) in [5, 5.41) is 18.3. The normalized spacial score (nSPS) is 15.0. The molecule has 10 heteroatoms. The number of aliphatic hydroxyl groups excluding tert-OH is 2. The van der Waals surface area contributed by atoms with Crippen molar-refractivity contribution in [3.63, 3.8) is 0 Å². The largest absolute Gasteiger partial charge is 0.472 e. The number of hydrogen-bond donors (Lipinski definition) is 3. The number of hydrogen-bond acceptors (Lipinski definition) is 8. The lowest BCUT2D eigenvalue weighted by Crippen LogP contribution is -2.29. The van der Waals surface area contributed by atoms with E-state index in [-0.39, 0.29) is 13.0 Å². The van der Waals surface area contributed by atoms with Crippen molar-refractivity contribution in [2.45, 2.75) is 154 Å². The molecule has 0 bridgehead atoms. The molecule has 0 aromatic rings. The first kappa shape index (κ1) is 53.4. The Bertz CT molecular complexity index is 1190. The van der Waals surface area contributed by atoms with Gasteiger partial charge in [0.1, 0.15) is 12.2 Å². The SMILES string of the molecule is CC/C=C\C/C=C\C/C=C\C/C=C\C/C=C\CCCCCCOCC(COP(=O)(O)OCC(O)CO)OC(=O)CCCCCCC/C=C\C/C=C\C/C=C\CC. The van der Waals surface area contributed by atoms with Crippen LogP contribution in [0.25, 0.3) is 0 Å². The Kier molecular flexibility index (Phi) is 40.0. The van der Waals surface area contributed by atoms with Gasteiger partial charge in [-0.05, 0) is 89.9 Å². The highest BCUT2D eigenvalue weighted by molar-refractivity contribution is 7.47. The van der Waals surface area contributed by atoms with Crippen molar-refractivity contribution in [2.24, 2.45) is 0 Å². The van der Waals surface area contributed by atoms with Gasteiger partial charge in [0.25, 0.3) is 0 Å². The first-order valence-electron chi connectivity index (χ1n) is 21.2. The van der Waals surface area contributed by atoms with Crippen molar-refractivity contribution in [3.8, 4) is 0 Å².